The van der Waals surface area contributed by atoms with E-state index in [9.17, 15) is 14.8 Å². The van der Waals surface area contributed by atoms with Crippen LogP contribution >= 0.6 is 0 Å². The lowest BCUT2D eigenvalue weighted by Gasteiger charge is -2.49. The minimum absolute atomic E-state index is 0.0427. The lowest BCUT2D eigenvalue weighted by Crippen LogP contribution is -2.74. The average molecular weight is 844 g/mol. The van der Waals surface area contributed by atoms with Gasteiger partial charge in [-0.05, 0) is 102 Å². The van der Waals surface area contributed by atoms with Crippen LogP contribution in [0.15, 0.2) is 84.9 Å². The van der Waals surface area contributed by atoms with Gasteiger partial charge in [0.25, 0.3) is 0 Å². The molecule has 4 aromatic carbocycles. The van der Waals surface area contributed by atoms with Crippen molar-refractivity contribution in [2.45, 2.75) is 104 Å². The van der Waals surface area contributed by atoms with Crippen LogP contribution in [0.2, 0.25) is 0 Å². The largest absolute Gasteiger partial charge is 0.326 e. The molecule has 1 aromatic heterocycles. The minimum Gasteiger partial charge on any atom is -0.310 e. The Morgan fingerprint density at radius 1 is 0.774 bits per heavy atom. The van der Waals surface area contributed by atoms with E-state index >= 15 is 0 Å². The summed E-state index contributed by atoms with van der Waals surface area (Å²) < 4.78 is 0. The zero-order chi connectivity index (χ0) is 43.6. The first-order valence-corrected chi connectivity index (χ1v) is 22.4. The number of hydrogen-bond donors (Lipinski definition) is 9. The Kier molecular flexibility index (Phi) is 15.2. The summed E-state index contributed by atoms with van der Waals surface area (Å²) in [5.74, 6) is 1.76. The van der Waals surface area contributed by atoms with Crippen molar-refractivity contribution in [3.8, 4) is 0 Å². The van der Waals surface area contributed by atoms with Gasteiger partial charge in [0.2, 0.25) is 5.95 Å². The minimum atomic E-state index is -0.479. The molecule has 2 fully saturated rings. The van der Waals surface area contributed by atoms with Crippen LogP contribution in [0.25, 0.3) is 21.5 Å². The van der Waals surface area contributed by atoms with Gasteiger partial charge in [0.15, 0.2) is 5.82 Å². The molecule has 4 amide bonds. The van der Waals surface area contributed by atoms with Gasteiger partial charge in [0.05, 0.1) is 11.9 Å². The fourth-order valence-electron chi connectivity index (χ4n) is 9.20. The van der Waals surface area contributed by atoms with Crippen molar-refractivity contribution in [1.82, 2.24) is 36.1 Å². The Morgan fingerprint density at radius 2 is 1.45 bits per heavy atom. The highest BCUT2D eigenvalue weighted by Gasteiger charge is 2.42. The molecule has 62 heavy (non-hydrogen) atoms. The molecular formula is C48H65N11O3. The lowest BCUT2D eigenvalue weighted by molar-refractivity contribution is 0.0535. The van der Waals surface area contributed by atoms with Crippen molar-refractivity contribution in [2.24, 2.45) is 17.8 Å². The van der Waals surface area contributed by atoms with Crippen LogP contribution in [-0.4, -0.2) is 70.8 Å². The Balaban J connectivity index is 0.945. The van der Waals surface area contributed by atoms with Gasteiger partial charge in [-0.15, -0.1) is 0 Å². The number of urea groups is 2. The third-order valence-electron chi connectivity index (χ3n) is 12.3. The van der Waals surface area contributed by atoms with Gasteiger partial charge in [0, 0.05) is 35.9 Å². The predicted molar refractivity (Wildman–Crippen MR) is 250 cm³/mol. The van der Waals surface area contributed by atoms with Gasteiger partial charge in [-0.2, -0.15) is 4.98 Å². The number of nitrogens with zero attached hydrogens (tertiary/aromatic N) is 3. The van der Waals surface area contributed by atoms with Gasteiger partial charge in [0.1, 0.15) is 6.29 Å². The van der Waals surface area contributed by atoms with Crippen LogP contribution in [0, 0.1) is 17.8 Å². The quantitative estimate of drug-likeness (QED) is 0.0281. The van der Waals surface area contributed by atoms with Gasteiger partial charge < -0.3 is 26.2 Å². The monoisotopic (exact) mass is 844 g/mol. The molecule has 14 nitrogen and oxygen atoms in total. The number of nitrogens with one attached hydrogen (secondary N) is 8. The molecule has 4 atom stereocenters. The molecule has 2 heterocycles. The number of carbonyl (C=O) groups is 2. The normalized spacial score (nSPS) is 19.8. The fourth-order valence-corrected chi connectivity index (χ4v) is 9.20. The smallest absolute Gasteiger partial charge is 0.310 e. The lowest BCUT2D eigenvalue weighted by atomic mass is 9.74. The zero-order valence-electron chi connectivity index (χ0n) is 36.8. The molecule has 7 rings (SSSR count). The van der Waals surface area contributed by atoms with Gasteiger partial charge in [-0.1, -0.05) is 115 Å². The number of amides is 4. The summed E-state index contributed by atoms with van der Waals surface area (Å²) in [5, 5.41) is 37.0. The second-order valence-corrected chi connectivity index (χ2v) is 17.8. The van der Waals surface area contributed by atoms with Gasteiger partial charge in [-0.3, -0.25) is 26.6 Å². The standard InChI is InChI=1S/C48H65N11O3/c1-30(2)40-28-41(58-62)53-45(52-40)56-47(60)51-39-22-20-34-18-17-32(25-37(34)27-39)29-59(5)24-12-23-49-44-42(35-14-8-6-7-9-15-35)43(31(3)4)54-46(55-44)57-48(61)50-38-21-19-33-13-10-11-16-36(33)26-38/h10-11,13,16-22,25-28,30-31,35,42-44,46,49,54-55,62H,6-9,12,14-15,23-24,29H2,1-5H3,(H2,50,57,61)(H3,51,52,53,56,58,60). The van der Waals surface area contributed by atoms with Crippen molar-refractivity contribution in [2.75, 3.05) is 41.6 Å². The molecular weight excluding hydrogens is 779 g/mol. The van der Waals surface area contributed by atoms with Crippen molar-refractivity contribution in [3.63, 3.8) is 0 Å². The van der Waals surface area contributed by atoms with Crippen LogP contribution in [0.5, 0.6) is 0 Å². The number of hydrogen-bond acceptors (Lipinski definition) is 10. The third-order valence-corrected chi connectivity index (χ3v) is 12.3. The summed E-state index contributed by atoms with van der Waals surface area (Å²) in [7, 11) is 2.15. The molecule has 0 spiro atoms. The third kappa shape index (κ3) is 12.0. The second kappa shape index (κ2) is 21.1. The van der Waals surface area contributed by atoms with Crippen LogP contribution in [-0.2, 0) is 6.54 Å². The van der Waals surface area contributed by atoms with Crippen molar-refractivity contribution >= 4 is 56.7 Å². The molecule has 5 aromatic rings. The molecule has 4 unspecified atom stereocenters. The fraction of sp³-hybridized carbons (Fsp3) is 0.458. The highest BCUT2D eigenvalue weighted by molar-refractivity contribution is 6.00. The van der Waals surface area contributed by atoms with E-state index in [1.807, 2.05) is 67.9 Å². The van der Waals surface area contributed by atoms with Gasteiger partial charge >= 0.3 is 12.1 Å². The molecule has 1 aliphatic heterocycles. The first-order chi connectivity index (χ1) is 30.0. The summed E-state index contributed by atoms with van der Waals surface area (Å²) in [6.45, 7) is 11.1. The number of aromatic nitrogens is 2. The number of benzene rings is 4. The molecule has 330 valence electrons. The van der Waals surface area contributed by atoms with E-state index in [0.717, 1.165) is 53.3 Å². The molecule has 1 saturated heterocycles. The zero-order valence-corrected chi connectivity index (χ0v) is 36.8. The Labute approximate surface area is 365 Å². The molecule has 9 N–H and O–H groups in total. The van der Waals surface area contributed by atoms with Crippen LogP contribution in [0.4, 0.5) is 32.7 Å². The summed E-state index contributed by atoms with van der Waals surface area (Å²) >= 11 is 0. The van der Waals surface area contributed by atoms with Crippen molar-refractivity contribution < 1.29 is 14.8 Å². The van der Waals surface area contributed by atoms with Crippen LogP contribution < -0.4 is 42.7 Å². The second-order valence-electron chi connectivity index (χ2n) is 17.8. The number of fused-ring (bicyclic) bond motifs is 2. The maximum Gasteiger partial charge on any atom is 0.326 e. The number of carbonyl (C=O) groups excluding carboxylic acids is 2. The van der Waals surface area contributed by atoms with E-state index in [1.165, 1.54) is 44.1 Å². The first kappa shape index (κ1) is 44.7. The number of rotatable bonds is 15. The maximum absolute atomic E-state index is 13.4. The summed E-state index contributed by atoms with van der Waals surface area (Å²) in [6.07, 6.45) is 8.25. The van der Waals surface area contributed by atoms with Crippen molar-refractivity contribution in [3.05, 3.63) is 96.2 Å². The molecule has 2 aliphatic rings. The van der Waals surface area contributed by atoms with Gasteiger partial charge in [-0.25, -0.2) is 14.6 Å². The SMILES string of the molecule is CC(C)c1cc(NO)nc(NC(=O)Nc2ccc3ccc(CN(C)CCCNC4NC(NC(=O)Nc5ccc6ccccc6c5)NC(C(C)C)C4C4CCCCCC4)cc3c2)n1. The van der Waals surface area contributed by atoms with E-state index < -0.39 is 12.3 Å². The average Bonchev–Trinajstić information content (AvgIpc) is 3.54. The Bertz CT molecular complexity index is 2280. The summed E-state index contributed by atoms with van der Waals surface area (Å²) in [6, 6.07) is 27.6. The number of anilines is 4. The van der Waals surface area contributed by atoms with E-state index in [0.29, 0.717) is 29.1 Å². The highest BCUT2D eigenvalue weighted by atomic mass is 16.5. The van der Waals surface area contributed by atoms with Crippen LogP contribution in [0.1, 0.15) is 89.8 Å². The van der Waals surface area contributed by atoms with Crippen LogP contribution in [0.3, 0.4) is 0 Å². The molecule has 0 bridgehead atoms. The van der Waals surface area contributed by atoms with E-state index in [2.05, 4.69) is 103 Å². The molecule has 0 radical (unpaired) electrons. The predicted octanol–water partition coefficient (Wildman–Crippen LogP) is 9.00. The van der Waals surface area contributed by atoms with E-state index in [1.54, 1.807) is 6.07 Å². The van der Waals surface area contributed by atoms with E-state index in [-0.39, 0.29) is 35.9 Å². The Hall–Kier alpha value is -5.38. The summed E-state index contributed by atoms with van der Waals surface area (Å²) in [5.41, 5.74) is 5.31. The topological polar surface area (TPSA) is 180 Å². The highest BCUT2D eigenvalue weighted by Crippen LogP contribution is 2.36. The molecule has 1 saturated carbocycles. The first-order valence-electron chi connectivity index (χ1n) is 22.4. The molecule has 1 aliphatic carbocycles. The van der Waals surface area contributed by atoms with Crippen molar-refractivity contribution in [1.29, 1.82) is 0 Å². The molecule has 14 heteroatoms. The Morgan fingerprint density at radius 3 is 2.16 bits per heavy atom. The summed E-state index contributed by atoms with van der Waals surface area (Å²) in [4.78, 5) is 37.2. The maximum atomic E-state index is 13.4. The van der Waals surface area contributed by atoms with E-state index in [4.69, 9.17) is 0 Å².